The summed E-state index contributed by atoms with van der Waals surface area (Å²) in [6.07, 6.45) is 0. The van der Waals surface area contributed by atoms with Gasteiger partial charge in [0.05, 0.1) is 16.9 Å². The molecule has 0 radical (unpaired) electrons. The van der Waals surface area contributed by atoms with E-state index in [4.69, 9.17) is 0 Å². The number of carbonyl (C=O) groups is 1. The van der Waals surface area contributed by atoms with Gasteiger partial charge < -0.3 is 0 Å². The molecule has 0 saturated heterocycles. The third kappa shape index (κ3) is 5.19. The van der Waals surface area contributed by atoms with Crippen LogP contribution in [-0.2, 0) is 14.8 Å². The molecular formula is C24H25NO3S2. The molecule has 3 rings (SSSR count). The Morgan fingerprint density at radius 3 is 2.07 bits per heavy atom. The van der Waals surface area contributed by atoms with E-state index in [2.05, 4.69) is 4.72 Å². The predicted octanol–water partition coefficient (Wildman–Crippen LogP) is 5.08. The number of carbonyl (C=O) groups excluding carboxylic acids is 1. The van der Waals surface area contributed by atoms with Gasteiger partial charge in [0.1, 0.15) is 0 Å². The van der Waals surface area contributed by atoms with Gasteiger partial charge in [0.2, 0.25) is 10.0 Å². The highest BCUT2D eigenvalue weighted by Crippen LogP contribution is 2.37. The summed E-state index contributed by atoms with van der Waals surface area (Å²) in [5, 5.41) is -0.0623. The summed E-state index contributed by atoms with van der Waals surface area (Å²) in [7, 11) is -3.84. The Kier molecular flexibility index (Phi) is 7.48. The third-order valence-electron chi connectivity index (χ3n) is 4.89. The number of hydrogen-bond acceptors (Lipinski definition) is 4. The zero-order valence-electron chi connectivity index (χ0n) is 17.0. The van der Waals surface area contributed by atoms with Crippen LogP contribution in [-0.4, -0.2) is 19.3 Å². The average Bonchev–Trinajstić information content (AvgIpc) is 2.75. The number of aryl methyl sites for hydroxylation is 1. The minimum Gasteiger partial charge on any atom is -0.286 e. The van der Waals surface area contributed by atoms with Crippen LogP contribution in [0.3, 0.4) is 0 Å². The number of nitrogens with one attached hydrogen (secondary N) is 1. The van der Waals surface area contributed by atoms with Crippen LogP contribution in [0.25, 0.3) is 0 Å². The van der Waals surface area contributed by atoms with Crippen LogP contribution in [0.4, 0.5) is 0 Å². The number of rotatable bonds is 8. The van der Waals surface area contributed by atoms with E-state index < -0.39 is 22.0 Å². The maximum absolute atomic E-state index is 13.2. The van der Waals surface area contributed by atoms with Crippen molar-refractivity contribution in [3.8, 4) is 0 Å². The molecule has 0 aromatic heterocycles. The Balaban J connectivity index is 2.14. The summed E-state index contributed by atoms with van der Waals surface area (Å²) in [6.45, 7) is 3.85. The molecule has 6 heteroatoms. The molecule has 0 amide bonds. The molecule has 3 aromatic rings. The zero-order valence-corrected chi connectivity index (χ0v) is 18.6. The second-order valence-corrected chi connectivity index (χ2v) is 9.89. The van der Waals surface area contributed by atoms with Gasteiger partial charge in [0, 0.05) is 0 Å². The van der Waals surface area contributed by atoms with Crippen LogP contribution in [0.1, 0.15) is 35.6 Å². The van der Waals surface area contributed by atoms with Gasteiger partial charge in [-0.1, -0.05) is 91.5 Å². The smallest absolute Gasteiger partial charge is 0.241 e. The molecule has 0 spiro atoms. The molecule has 156 valence electrons. The number of thioether (sulfide) groups is 1. The van der Waals surface area contributed by atoms with Gasteiger partial charge in [-0.3, -0.25) is 4.79 Å². The molecule has 0 unspecified atom stereocenters. The summed E-state index contributed by atoms with van der Waals surface area (Å²) in [5.41, 5.74) is 2.50. The van der Waals surface area contributed by atoms with Crippen molar-refractivity contribution >= 4 is 26.9 Å². The summed E-state index contributed by atoms with van der Waals surface area (Å²) in [5.74, 6) is -0.0376. The first-order chi connectivity index (χ1) is 14.4. The first-order valence-electron chi connectivity index (χ1n) is 9.78. The maximum atomic E-state index is 13.2. The highest BCUT2D eigenvalue weighted by atomic mass is 32.2. The van der Waals surface area contributed by atoms with Gasteiger partial charge in [-0.2, -0.15) is 0 Å². The van der Waals surface area contributed by atoms with Crippen molar-refractivity contribution in [1.82, 2.24) is 4.72 Å². The fourth-order valence-electron chi connectivity index (χ4n) is 3.44. The lowest BCUT2D eigenvalue weighted by Gasteiger charge is -2.28. The second-order valence-electron chi connectivity index (χ2n) is 6.91. The minimum atomic E-state index is -3.84. The molecule has 0 aliphatic carbocycles. The van der Waals surface area contributed by atoms with E-state index in [9.17, 15) is 13.2 Å². The largest absolute Gasteiger partial charge is 0.286 e. The Labute approximate surface area is 182 Å². The van der Waals surface area contributed by atoms with Gasteiger partial charge in [-0.15, -0.1) is 0 Å². The lowest BCUT2D eigenvalue weighted by Crippen LogP contribution is -2.35. The van der Waals surface area contributed by atoms with Crippen molar-refractivity contribution in [2.75, 3.05) is 5.75 Å². The fraction of sp³-hybridized carbons (Fsp3) is 0.208. The van der Waals surface area contributed by atoms with Crippen molar-refractivity contribution in [2.45, 2.75) is 30.7 Å². The molecular weight excluding hydrogens is 414 g/mol. The first kappa shape index (κ1) is 22.3. The highest BCUT2D eigenvalue weighted by molar-refractivity contribution is 8.13. The molecule has 2 atom stereocenters. The SMILES string of the molecule is CCSC(=O)[C@@H](c1ccccc1)[C@H](NS(=O)(=O)c1ccccc1)c1ccccc1C. The lowest BCUT2D eigenvalue weighted by molar-refractivity contribution is -0.112. The highest BCUT2D eigenvalue weighted by Gasteiger charge is 2.35. The molecule has 0 heterocycles. The summed E-state index contributed by atoms with van der Waals surface area (Å²) in [6, 6.07) is 24.5. The topological polar surface area (TPSA) is 63.2 Å². The average molecular weight is 440 g/mol. The molecule has 4 nitrogen and oxygen atoms in total. The van der Waals surface area contributed by atoms with Gasteiger partial charge in [0.25, 0.3) is 0 Å². The maximum Gasteiger partial charge on any atom is 0.241 e. The molecule has 30 heavy (non-hydrogen) atoms. The quantitative estimate of drug-likeness (QED) is 0.532. The predicted molar refractivity (Wildman–Crippen MR) is 123 cm³/mol. The molecule has 0 saturated carbocycles. The van der Waals surface area contributed by atoms with Crippen LogP contribution in [0.15, 0.2) is 89.8 Å². The van der Waals surface area contributed by atoms with Gasteiger partial charge >= 0.3 is 0 Å². The van der Waals surface area contributed by atoms with Crippen LogP contribution in [0.2, 0.25) is 0 Å². The number of hydrogen-bond donors (Lipinski definition) is 1. The van der Waals surface area contributed by atoms with E-state index in [0.29, 0.717) is 5.75 Å². The summed E-state index contributed by atoms with van der Waals surface area (Å²) >= 11 is 1.21. The Hall–Kier alpha value is -2.41. The molecule has 0 aliphatic heterocycles. The van der Waals surface area contributed by atoms with E-state index in [1.54, 1.807) is 30.3 Å². The monoisotopic (exact) mass is 439 g/mol. The normalized spacial score (nSPS) is 13.5. The minimum absolute atomic E-state index is 0.0623. The lowest BCUT2D eigenvalue weighted by atomic mass is 9.87. The van der Waals surface area contributed by atoms with Crippen LogP contribution < -0.4 is 4.72 Å². The van der Waals surface area contributed by atoms with Crippen LogP contribution in [0, 0.1) is 6.92 Å². The first-order valence-corrected chi connectivity index (χ1v) is 12.3. The van der Waals surface area contributed by atoms with E-state index in [1.807, 2.05) is 68.4 Å². The number of sulfonamides is 1. The van der Waals surface area contributed by atoms with Crippen molar-refractivity contribution in [2.24, 2.45) is 0 Å². The Morgan fingerprint density at radius 2 is 1.47 bits per heavy atom. The summed E-state index contributed by atoms with van der Waals surface area (Å²) in [4.78, 5) is 13.4. The zero-order chi connectivity index (χ0) is 21.6. The van der Waals surface area contributed by atoms with Gasteiger partial charge in [-0.05, 0) is 41.5 Å². The third-order valence-corrected chi connectivity index (χ3v) is 7.18. The second kappa shape index (κ2) is 10.1. The fourth-order valence-corrected chi connectivity index (χ4v) is 5.42. The van der Waals surface area contributed by atoms with E-state index in [-0.39, 0.29) is 10.0 Å². The Morgan fingerprint density at radius 1 is 0.900 bits per heavy atom. The molecule has 0 aliphatic rings. The van der Waals surface area contributed by atoms with Gasteiger partial charge in [0.15, 0.2) is 5.12 Å². The van der Waals surface area contributed by atoms with Crippen LogP contribution >= 0.6 is 11.8 Å². The van der Waals surface area contributed by atoms with Crippen molar-refractivity contribution in [3.63, 3.8) is 0 Å². The van der Waals surface area contributed by atoms with Crippen molar-refractivity contribution in [1.29, 1.82) is 0 Å². The van der Waals surface area contributed by atoms with Crippen molar-refractivity contribution < 1.29 is 13.2 Å². The van der Waals surface area contributed by atoms with E-state index in [0.717, 1.165) is 16.7 Å². The van der Waals surface area contributed by atoms with Gasteiger partial charge in [-0.25, -0.2) is 13.1 Å². The summed E-state index contributed by atoms with van der Waals surface area (Å²) < 4.78 is 29.3. The molecule has 1 N–H and O–H groups in total. The van der Waals surface area contributed by atoms with E-state index >= 15 is 0 Å². The van der Waals surface area contributed by atoms with Crippen molar-refractivity contribution in [3.05, 3.63) is 102 Å². The van der Waals surface area contributed by atoms with E-state index in [1.165, 1.54) is 11.8 Å². The Bertz CT molecular complexity index is 1080. The standard InChI is InChI=1S/C24H25NO3S2/c1-3-29-24(26)22(19-13-6-4-7-14-19)23(21-17-11-10-12-18(21)2)25-30(27,28)20-15-8-5-9-16-20/h4-17,22-23,25H,3H2,1-2H3/t22-,23+/m0/s1. The molecule has 3 aromatic carbocycles. The molecule has 0 bridgehead atoms. The molecule has 0 fully saturated rings. The number of benzene rings is 3. The van der Waals surface area contributed by atoms with Crippen LogP contribution in [0.5, 0.6) is 0 Å².